The van der Waals surface area contributed by atoms with Crippen molar-refractivity contribution in [1.29, 1.82) is 0 Å². The quantitative estimate of drug-likeness (QED) is 0.763. The van der Waals surface area contributed by atoms with E-state index in [9.17, 15) is 4.79 Å². The number of amides is 1. The summed E-state index contributed by atoms with van der Waals surface area (Å²) in [7, 11) is 3.79. The maximum absolute atomic E-state index is 12.2. The number of ether oxygens (including phenoxy) is 1. The number of hydrogen-bond acceptors (Lipinski definition) is 4. The molecule has 2 saturated heterocycles. The minimum atomic E-state index is 0.234. The molecule has 2 aliphatic heterocycles. The summed E-state index contributed by atoms with van der Waals surface area (Å²) >= 11 is 0. The molecule has 2 rings (SSSR count). The highest BCUT2D eigenvalue weighted by Gasteiger charge is 2.28. The third-order valence-electron chi connectivity index (χ3n) is 4.15. The lowest BCUT2D eigenvalue weighted by molar-refractivity contribution is -0.132. The van der Waals surface area contributed by atoms with Gasteiger partial charge in [0.05, 0.1) is 12.6 Å². The Morgan fingerprint density at radius 3 is 2.72 bits per heavy atom. The molecule has 2 fully saturated rings. The van der Waals surface area contributed by atoms with Crippen LogP contribution in [0.25, 0.3) is 0 Å². The molecule has 0 radical (unpaired) electrons. The van der Waals surface area contributed by atoms with Gasteiger partial charge in [0, 0.05) is 26.2 Å². The maximum Gasteiger partial charge on any atom is 0.236 e. The summed E-state index contributed by atoms with van der Waals surface area (Å²) in [4.78, 5) is 16.3. The highest BCUT2D eigenvalue weighted by Crippen LogP contribution is 2.14. The van der Waals surface area contributed by atoms with Crippen molar-refractivity contribution < 1.29 is 9.53 Å². The highest BCUT2D eigenvalue weighted by molar-refractivity contribution is 5.78. The van der Waals surface area contributed by atoms with Crippen molar-refractivity contribution in [3.8, 4) is 0 Å². The van der Waals surface area contributed by atoms with Gasteiger partial charge in [-0.15, -0.1) is 0 Å². The van der Waals surface area contributed by atoms with Crippen LogP contribution in [0.4, 0.5) is 0 Å². The van der Waals surface area contributed by atoms with E-state index in [4.69, 9.17) is 4.74 Å². The molecular weight excluding hydrogens is 230 g/mol. The summed E-state index contributed by atoms with van der Waals surface area (Å²) < 4.78 is 5.30. The molecule has 0 aromatic rings. The van der Waals surface area contributed by atoms with Crippen molar-refractivity contribution in [1.82, 2.24) is 15.1 Å². The standard InChI is InChI=1S/C13H25N3O2/c1-15(11-3-6-14-7-4-11)10-13(17)16-8-5-12(9-16)18-2/h11-12,14H,3-10H2,1-2H3/t12-/m0/s1. The number of carbonyl (C=O) groups excluding carboxylic acids is 1. The fourth-order valence-electron chi connectivity index (χ4n) is 2.84. The second kappa shape index (κ2) is 6.50. The van der Waals surface area contributed by atoms with Crippen molar-refractivity contribution in [2.75, 3.05) is 46.9 Å². The zero-order valence-corrected chi connectivity index (χ0v) is 11.5. The van der Waals surface area contributed by atoms with Crippen LogP contribution in [0.2, 0.25) is 0 Å². The molecule has 5 nitrogen and oxygen atoms in total. The minimum Gasteiger partial charge on any atom is -0.380 e. The highest BCUT2D eigenvalue weighted by atomic mass is 16.5. The Labute approximate surface area is 109 Å². The van der Waals surface area contributed by atoms with Crippen LogP contribution in [-0.2, 0) is 9.53 Å². The van der Waals surface area contributed by atoms with E-state index in [1.165, 1.54) is 0 Å². The Balaban J connectivity index is 1.76. The van der Waals surface area contributed by atoms with E-state index >= 15 is 0 Å². The first-order chi connectivity index (χ1) is 8.70. The van der Waals surface area contributed by atoms with Gasteiger partial charge in [-0.05, 0) is 39.4 Å². The van der Waals surface area contributed by atoms with Gasteiger partial charge in [0.25, 0.3) is 0 Å². The Morgan fingerprint density at radius 1 is 1.39 bits per heavy atom. The topological polar surface area (TPSA) is 44.8 Å². The number of hydrogen-bond donors (Lipinski definition) is 1. The first kappa shape index (κ1) is 13.8. The van der Waals surface area contributed by atoms with Crippen molar-refractivity contribution in [2.45, 2.75) is 31.4 Å². The predicted molar refractivity (Wildman–Crippen MR) is 70.5 cm³/mol. The van der Waals surface area contributed by atoms with Crippen molar-refractivity contribution in [3.05, 3.63) is 0 Å². The van der Waals surface area contributed by atoms with Crippen LogP contribution in [0.15, 0.2) is 0 Å². The molecule has 0 bridgehead atoms. The number of methoxy groups -OCH3 is 1. The molecule has 104 valence electrons. The SMILES string of the molecule is CO[C@H]1CCN(C(=O)CN(C)C2CCNCC2)C1. The van der Waals surface area contributed by atoms with E-state index in [2.05, 4.69) is 17.3 Å². The van der Waals surface area contributed by atoms with E-state index in [-0.39, 0.29) is 12.0 Å². The molecule has 1 N–H and O–H groups in total. The lowest BCUT2D eigenvalue weighted by atomic mass is 10.1. The Hall–Kier alpha value is -0.650. The van der Waals surface area contributed by atoms with Crippen LogP contribution in [0.3, 0.4) is 0 Å². The zero-order chi connectivity index (χ0) is 13.0. The van der Waals surface area contributed by atoms with E-state index in [1.54, 1.807) is 7.11 Å². The number of nitrogens with one attached hydrogen (secondary N) is 1. The second-order valence-electron chi connectivity index (χ2n) is 5.38. The largest absolute Gasteiger partial charge is 0.380 e. The molecule has 1 atom stereocenters. The summed E-state index contributed by atoms with van der Waals surface area (Å²) in [6.07, 6.45) is 3.49. The van der Waals surface area contributed by atoms with Crippen LogP contribution < -0.4 is 5.32 Å². The Morgan fingerprint density at radius 2 is 2.11 bits per heavy atom. The third kappa shape index (κ3) is 3.43. The smallest absolute Gasteiger partial charge is 0.236 e. The molecule has 0 saturated carbocycles. The number of rotatable bonds is 4. The molecule has 2 aliphatic rings. The van der Waals surface area contributed by atoms with Gasteiger partial charge in [0.2, 0.25) is 5.91 Å². The minimum absolute atomic E-state index is 0.234. The van der Waals surface area contributed by atoms with Crippen molar-refractivity contribution in [2.24, 2.45) is 0 Å². The van der Waals surface area contributed by atoms with Gasteiger partial charge in [-0.25, -0.2) is 0 Å². The van der Waals surface area contributed by atoms with Crippen LogP contribution in [-0.4, -0.2) is 74.7 Å². The van der Waals surface area contributed by atoms with Crippen molar-refractivity contribution in [3.63, 3.8) is 0 Å². The summed E-state index contributed by atoms with van der Waals surface area (Å²) in [6.45, 7) is 4.28. The second-order valence-corrected chi connectivity index (χ2v) is 5.38. The fraction of sp³-hybridized carbons (Fsp3) is 0.923. The molecule has 1 amide bonds. The van der Waals surface area contributed by atoms with E-state index in [1.807, 2.05) is 4.90 Å². The number of likely N-dealkylation sites (N-methyl/N-ethyl adjacent to an activating group) is 1. The van der Waals surface area contributed by atoms with Gasteiger partial charge in [-0.1, -0.05) is 0 Å². The van der Waals surface area contributed by atoms with Crippen LogP contribution >= 0.6 is 0 Å². The van der Waals surface area contributed by atoms with Gasteiger partial charge >= 0.3 is 0 Å². The van der Waals surface area contributed by atoms with Gasteiger partial charge in [-0.3, -0.25) is 9.69 Å². The van der Waals surface area contributed by atoms with E-state index in [0.29, 0.717) is 12.6 Å². The number of likely N-dealkylation sites (tertiary alicyclic amines) is 1. The lowest BCUT2D eigenvalue weighted by Crippen LogP contribution is -2.46. The number of piperidine rings is 1. The Kier molecular flexibility index (Phi) is 4.97. The van der Waals surface area contributed by atoms with Gasteiger partial charge in [-0.2, -0.15) is 0 Å². The molecule has 0 aliphatic carbocycles. The molecule has 0 aromatic carbocycles. The Bertz CT molecular complexity index is 279. The average Bonchev–Trinajstić information content (AvgIpc) is 2.88. The van der Waals surface area contributed by atoms with Gasteiger partial charge < -0.3 is 15.0 Å². The molecular formula is C13H25N3O2. The maximum atomic E-state index is 12.2. The molecule has 0 unspecified atom stereocenters. The van der Waals surface area contributed by atoms with E-state index < -0.39 is 0 Å². The molecule has 5 heteroatoms. The molecule has 0 aromatic heterocycles. The first-order valence-corrected chi connectivity index (χ1v) is 6.92. The molecule has 2 heterocycles. The van der Waals surface area contributed by atoms with Crippen molar-refractivity contribution >= 4 is 5.91 Å². The van der Waals surface area contributed by atoms with Gasteiger partial charge in [0.15, 0.2) is 0 Å². The lowest BCUT2D eigenvalue weighted by Gasteiger charge is -2.32. The third-order valence-corrected chi connectivity index (χ3v) is 4.15. The summed E-state index contributed by atoms with van der Waals surface area (Å²) in [5.74, 6) is 0.246. The van der Waals surface area contributed by atoms with E-state index in [0.717, 1.165) is 45.4 Å². The zero-order valence-electron chi connectivity index (χ0n) is 11.5. The number of carbonyl (C=O) groups is 1. The number of nitrogens with zero attached hydrogens (tertiary/aromatic N) is 2. The fourth-order valence-corrected chi connectivity index (χ4v) is 2.84. The normalized spacial score (nSPS) is 25.9. The van der Waals surface area contributed by atoms with Crippen LogP contribution in [0.1, 0.15) is 19.3 Å². The first-order valence-electron chi connectivity index (χ1n) is 6.92. The average molecular weight is 255 g/mol. The monoisotopic (exact) mass is 255 g/mol. The van der Waals surface area contributed by atoms with Gasteiger partial charge in [0.1, 0.15) is 0 Å². The summed E-state index contributed by atoms with van der Waals surface area (Å²) in [5.41, 5.74) is 0. The van der Waals surface area contributed by atoms with Crippen LogP contribution in [0, 0.1) is 0 Å². The summed E-state index contributed by atoms with van der Waals surface area (Å²) in [6, 6.07) is 0.552. The molecule has 0 spiro atoms. The summed E-state index contributed by atoms with van der Waals surface area (Å²) in [5, 5.41) is 3.35. The van der Waals surface area contributed by atoms with Crippen LogP contribution in [0.5, 0.6) is 0 Å². The predicted octanol–water partition coefficient (Wildman–Crippen LogP) is -0.0825. The molecule has 18 heavy (non-hydrogen) atoms.